The number of carbonyl (C=O) groups excluding carboxylic acids is 1. The summed E-state index contributed by atoms with van der Waals surface area (Å²) in [6, 6.07) is 10.2. The quantitative estimate of drug-likeness (QED) is 0.888. The van der Waals surface area contributed by atoms with Crippen molar-refractivity contribution in [1.29, 1.82) is 0 Å². The van der Waals surface area contributed by atoms with E-state index >= 15 is 0 Å². The maximum Gasteiger partial charge on any atom is 0.220 e. The average Bonchev–Trinajstić information content (AvgIpc) is 2.86. The number of piperidine rings is 1. The Morgan fingerprint density at radius 3 is 2.65 bits per heavy atom. The first-order valence-electron chi connectivity index (χ1n) is 8.91. The van der Waals surface area contributed by atoms with Gasteiger partial charge in [0.2, 0.25) is 5.91 Å². The number of fused-ring (bicyclic) bond motifs is 3. The Kier molecular flexibility index (Phi) is 5.27. The zero-order valence-electron chi connectivity index (χ0n) is 13.6. The maximum atomic E-state index is 12.5. The molecule has 2 bridgehead atoms. The second-order valence-electron chi connectivity index (χ2n) is 7.39. The molecular formula is C19H27ClN2O. The van der Waals surface area contributed by atoms with E-state index in [1.807, 2.05) is 0 Å². The number of halogens is 1. The molecule has 23 heavy (non-hydrogen) atoms. The highest BCUT2D eigenvalue weighted by Crippen LogP contribution is 2.33. The van der Waals surface area contributed by atoms with Crippen molar-refractivity contribution in [3.8, 4) is 0 Å². The summed E-state index contributed by atoms with van der Waals surface area (Å²) < 4.78 is 0. The molecule has 1 aromatic rings. The number of hydrogen-bond donors (Lipinski definition) is 2. The third-order valence-corrected chi connectivity index (χ3v) is 5.75. The molecule has 3 aliphatic rings. The third kappa shape index (κ3) is 3.72. The number of hydrogen-bond acceptors (Lipinski definition) is 2. The average molecular weight is 335 g/mol. The molecule has 3 atom stereocenters. The van der Waals surface area contributed by atoms with Gasteiger partial charge in [0.05, 0.1) is 6.04 Å². The Morgan fingerprint density at radius 1 is 1.13 bits per heavy atom. The molecule has 2 fully saturated rings. The van der Waals surface area contributed by atoms with E-state index in [1.54, 1.807) is 0 Å². The first-order valence-corrected chi connectivity index (χ1v) is 8.91. The Balaban J connectivity index is 0.00000156. The second kappa shape index (κ2) is 7.23. The van der Waals surface area contributed by atoms with Gasteiger partial charge in [-0.1, -0.05) is 24.3 Å². The molecule has 2 aliphatic heterocycles. The van der Waals surface area contributed by atoms with E-state index in [0.717, 1.165) is 12.8 Å². The van der Waals surface area contributed by atoms with Crippen LogP contribution in [-0.4, -0.2) is 18.0 Å². The molecule has 2 N–H and O–H groups in total. The Morgan fingerprint density at radius 2 is 1.87 bits per heavy atom. The number of aryl methyl sites for hydroxylation is 1. The van der Waals surface area contributed by atoms with Gasteiger partial charge < -0.3 is 10.6 Å². The second-order valence-corrected chi connectivity index (χ2v) is 7.39. The van der Waals surface area contributed by atoms with Crippen LogP contribution in [0.5, 0.6) is 0 Å². The van der Waals surface area contributed by atoms with Crippen LogP contribution in [0.4, 0.5) is 0 Å². The molecule has 126 valence electrons. The molecule has 3 unspecified atom stereocenters. The standard InChI is InChI=1S/C19H26N2O.ClH/c22-19(12-13-10-15-8-9-16(11-13)20-15)21-18-7-3-5-14-4-1-2-6-17(14)18;/h1-2,4,6,13,15-16,18,20H,3,5,7-12H2,(H,21,22);1H. The molecule has 0 aromatic heterocycles. The third-order valence-electron chi connectivity index (χ3n) is 5.75. The summed E-state index contributed by atoms with van der Waals surface area (Å²) in [5.41, 5.74) is 2.76. The minimum absolute atomic E-state index is 0. The lowest BCUT2D eigenvalue weighted by atomic mass is 9.86. The molecule has 1 aromatic carbocycles. The van der Waals surface area contributed by atoms with Crippen molar-refractivity contribution in [3.05, 3.63) is 35.4 Å². The molecule has 2 saturated heterocycles. The Hall–Kier alpha value is -1.06. The number of carbonyl (C=O) groups is 1. The van der Waals surface area contributed by atoms with E-state index in [-0.39, 0.29) is 24.4 Å². The molecule has 0 saturated carbocycles. The minimum atomic E-state index is 0. The monoisotopic (exact) mass is 334 g/mol. The van der Waals surface area contributed by atoms with Gasteiger partial charge in [0.15, 0.2) is 0 Å². The minimum Gasteiger partial charge on any atom is -0.349 e. The van der Waals surface area contributed by atoms with Crippen LogP contribution in [0, 0.1) is 5.92 Å². The van der Waals surface area contributed by atoms with Gasteiger partial charge in [-0.05, 0) is 62.0 Å². The van der Waals surface area contributed by atoms with Gasteiger partial charge in [-0.2, -0.15) is 0 Å². The van der Waals surface area contributed by atoms with Crippen LogP contribution >= 0.6 is 12.4 Å². The molecular weight excluding hydrogens is 308 g/mol. The fourth-order valence-corrected chi connectivity index (χ4v) is 4.76. The predicted molar refractivity (Wildman–Crippen MR) is 94.8 cm³/mol. The molecule has 2 heterocycles. The zero-order chi connectivity index (χ0) is 14.9. The molecule has 1 aliphatic carbocycles. The summed E-state index contributed by atoms with van der Waals surface area (Å²) >= 11 is 0. The fourth-order valence-electron chi connectivity index (χ4n) is 4.76. The predicted octanol–water partition coefficient (Wildman–Crippen LogP) is 3.52. The Labute approximate surface area is 145 Å². The van der Waals surface area contributed by atoms with Gasteiger partial charge >= 0.3 is 0 Å². The number of amides is 1. The lowest BCUT2D eigenvalue weighted by Crippen LogP contribution is -2.40. The van der Waals surface area contributed by atoms with Crippen molar-refractivity contribution in [2.45, 2.75) is 69.5 Å². The van der Waals surface area contributed by atoms with Crippen molar-refractivity contribution < 1.29 is 4.79 Å². The number of rotatable bonds is 3. The molecule has 3 nitrogen and oxygen atoms in total. The summed E-state index contributed by atoms with van der Waals surface area (Å²) in [7, 11) is 0. The van der Waals surface area contributed by atoms with E-state index < -0.39 is 0 Å². The summed E-state index contributed by atoms with van der Waals surface area (Å²) in [5.74, 6) is 0.839. The van der Waals surface area contributed by atoms with Crippen LogP contribution in [0.25, 0.3) is 0 Å². The smallest absolute Gasteiger partial charge is 0.220 e. The SMILES string of the molecule is Cl.O=C(CC1CC2CCC(C1)N2)NC1CCCc2ccccc21. The van der Waals surface area contributed by atoms with Crippen LogP contribution in [0.1, 0.15) is 62.1 Å². The highest BCUT2D eigenvalue weighted by Gasteiger charge is 2.34. The van der Waals surface area contributed by atoms with Gasteiger partial charge in [0.1, 0.15) is 0 Å². The van der Waals surface area contributed by atoms with Gasteiger partial charge in [-0.25, -0.2) is 0 Å². The normalized spacial score (nSPS) is 31.8. The van der Waals surface area contributed by atoms with E-state index in [1.165, 1.54) is 43.2 Å². The van der Waals surface area contributed by atoms with E-state index in [2.05, 4.69) is 34.9 Å². The molecule has 4 rings (SSSR count). The summed E-state index contributed by atoms with van der Waals surface area (Å²) in [6.45, 7) is 0. The van der Waals surface area contributed by atoms with Crippen molar-refractivity contribution >= 4 is 18.3 Å². The van der Waals surface area contributed by atoms with Crippen LogP contribution in [0.2, 0.25) is 0 Å². The fraction of sp³-hybridized carbons (Fsp3) is 0.632. The van der Waals surface area contributed by atoms with Crippen LogP contribution in [-0.2, 0) is 11.2 Å². The van der Waals surface area contributed by atoms with Crippen LogP contribution in [0.3, 0.4) is 0 Å². The zero-order valence-corrected chi connectivity index (χ0v) is 14.4. The molecule has 4 heteroatoms. The molecule has 1 amide bonds. The lowest BCUT2D eigenvalue weighted by Gasteiger charge is -2.30. The lowest BCUT2D eigenvalue weighted by molar-refractivity contribution is -0.123. The summed E-state index contributed by atoms with van der Waals surface area (Å²) in [5, 5.41) is 6.97. The molecule has 0 spiro atoms. The maximum absolute atomic E-state index is 12.5. The van der Waals surface area contributed by atoms with Gasteiger partial charge in [-0.3, -0.25) is 4.79 Å². The highest BCUT2D eigenvalue weighted by molar-refractivity contribution is 5.85. The van der Waals surface area contributed by atoms with Crippen LogP contribution < -0.4 is 10.6 Å². The topological polar surface area (TPSA) is 41.1 Å². The van der Waals surface area contributed by atoms with Crippen molar-refractivity contribution in [2.75, 3.05) is 0 Å². The number of nitrogens with one attached hydrogen (secondary N) is 2. The van der Waals surface area contributed by atoms with E-state index in [9.17, 15) is 4.79 Å². The van der Waals surface area contributed by atoms with Crippen LogP contribution in [0.15, 0.2) is 24.3 Å². The summed E-state index contributed by atoms with van der Waals surface area (Å²) in [6.07, 6.45) is 9.11. The van der Waals surface area contributed by atoms with Gasteiger partial charge in [0.25, 0.3) is 0 Å². The van der Waals surface area contributed by atoms with Crippen molar-refractivity contribution in [3.63, 3.8) is 0 Å². The van der Waals surface area contributed by atoms with Gasteiger partial charge in [0, 0.05) is 18.5 Å². The first kappa shape index (κ1) is 16.8. The first-order chi connectivity index (χ1) is 10.8. The van der Waals surface area contributed by atoms with E-state index in [0.29, 0.717) is 24.4 Å². The van der Waals surface area contributed by atoms with Crippen molar-refractivity contribution in [1.82, 2.24) is 10.6 Å². The summed E-state index contributed by atoms with van der Waals surface area (Å²) in [4.78, 5) is 12.5. The Bertz CT molecular complexity index is 550. The number of benzene rings is 1. The van der Waals surface area contributed by atoms with Crippen molar-refractivity contribution in [2.24, 2.45) is 5.92 Å². The van der Waals surface area contributed by atoms with Gasteiger partial charge in [-0.15, -0.1) is 12.4 Å². The highest BCUT2D eigenvalue weighted by atomic mass is 35.5. The molecule has 0 radical (unpaired) electrons. The van der Waals surface area contributed by atoms with E-state index in [4.69, 9.17) is 0 Å². The largest absolute Gasteiger partial charge is 0.349 e.